The normalized spacial score (nSPS) is 14.4. The van der Waals surface area contributed by atoms with Crippen molar-refractivity contribution in [2.75, 3.05) is 6.54 Å². The molecule has 0 radical (unpaired) electrons. The van der Waals surface area contributed by atoms with E-state index in [9.17, 15) is 0 Å². The van der Waals surface area contributed by atoms with E-state index in [1.54, 1.807) is 6.26 Å². The van der Waals surface area contributed by atoms with Crippen molar-refractivity contribution in [3.8, 4) is 11.1 Å². The van der Waals surface area contributed by atoms with Crippen LogP contribution in [-0.2, 0) is 19.4 Å². The third-order valence-corrected chi connectivity index (χ3v) is 3.94. The molecule has 0 aliphatic heterocycles. The molecule has 100 valence electrons. The summed E-state index contributed by atoms with van der Waals surface area (Å²) in [4.78, 5) is 0. The lowest BCUT2D eigenvalue weighted by Crippen LogP contribution is -2.11. The number of fused-ring (bicyclic) bond motifs is 1. The topological polar surface area (TPSA) is 25.2 Å². The molecule has 2 aromatic rings. The SMILES string of the molecule is CCNCc1occc1-c1ccc2c(c1)CCCC2. The van der Waals surface area contributed by atoms with Crippen molar-refractivity contribution in [2.24, 2.45) is 0 Å². The Morgan fingerprint density at radius 1 is 1.11 bits per heavy atom. The van der Waals surface area contributed by atoms with E-state index in [0.717, 1.165) is 18.8 Å². The summed E-state index contributed by atoms with van der Waals surface area (Å²) in [6.07, 6.45) is 6.92. The van der Waals surface area contributed by atoms with Crippen molar-refractivity contribution in [3.05, 3.63) is 47.4 Å². The van der Waals surface area contributed by atoms with Gasteiger partial charge in [0.25, 0.3) is 0 Å². The van der Waals surface area contributed by atoms with Crippen LogP contribution in [0.4, 0.5) is 0 Å². The fourth-order valence-corrected chi connectivity index (χ4v) is 2.87. The fraction of sp³-hybridized carbons (Fsp3) is 0.412. The van der Waals surface area contributed by atoms with E-state index in [1.807, 2.05) is 0 Å². The van der Waals surface area contributed by atoms with Gasteiger partial charge >= 0.3 is 0 Å². The Hall–Kier alpha value is -1.54. The average Bonchev–Trinajstić information content (AvgIpc) is 2.93. The van der Waals surface area contributed by atoms with Crippen molar-refractivity contribution in [1.29, 1.82) is 0 Å². The molecular weight excluding hydrogens is 234 g/mol. The van der Waals surface area contributed by atoms with Crippen LogP contribution in [0.2, 0.25) is 0 Å². The van der Waals surface area contributed by atoms with Crippen molar-refractivity contribution >= 4 is 0 Å². The highest BCUT2D eigenvalue weighted by molar-refractivity contribution is 5.67. The number of aryl methyl sites for hydroxylation is 2. The minimum Gasteiger partial charge on any atom is -0.467 e. The second-order valence-corrected chi connectivity index (χ2v) is 5.23. The van der Waals surface area contributed by atoms with Gasteiger partial charge in [-0.3, -0.25) is 0 Å². The maximum atomic E-state index is 5.60. The molecule has 0 saturated carbocycles. The zero-order valence-electron chi connectivity index (χ0n) is 11.5. The number of benzene rings is 1. The molecule has 3 rings (SSSR count). The van der Waals surface area contributed by atoms with Crippen molar-refractivity contribution in [1.82, 2.24) is 5.32 Å². The first-order valence-electron chi connectivity index (χ1n) is 7.27. The molecule has 1 aliphatic rings. The van der Waals surface area contributed by atoms with Crippen LogP contribution in [0.25, 0.3) is 11.1 Å². The highest BCUT2D eigenvalue weighted by Gasteiger charge is 2.13. The predicted octanol–water partition coefficient (Wildman–Crippen LogP) is 3.93. The lowest BCUT2D eigenvalue weighted by molar-refractivity contribution is 0.489. The zero-order chi connectivity index (χ0) is 13.1. The predicted molar refractivity (Wildman–Crippen MR) is 78.2 cm³/mol. The highest BCUT2D eigenvalue weighted by atomic mass is 16.3. The van der Waals surface area contributed by atoms with Gasteiger partial charge in [-0.1, -0.05) is 25.1 Å². The molecule has 0 unspecified atom stereocenters. The summed E-state index contributed by atoms with van der Waals surface area (Å²) >= 11 is 0. The summed E-state index contributed by atoms with van der Waals surface area (Å²) in [5.74, 6) is 1.04. The molecule has 0 spiro atoms. The van der Waals surface area contributed by atoms with Gasteiger partial charge in [0.2, 0.25) is 0 Å². The standard InChI is InChI=1S/C17H21NO/c1-2-18-12-17-16(9-10-19-17)15-8-7-13-5-3-4-6-14(13)11-15/h7-11,18H,2-6,12H2,1H3. The number of rotatable bonds is 4. The monoisotopic (exact) mass is 255 g/mol. The van der Waals surface area contributed by atoms with Gasteiger partial charge in [-0.2, -0.15) is 0 Å². The van der Waals surface area contributed by atoms with E-state index >= 15 is 0 Å². The Morgan fingerprint density at radius 2 is 1.95 bits per heavy atom. The van der Waals surface area contributed by atoms with Crippen LogP contribution in [0, 0.1) is 0 Å². The minimum absolute atomic E-state index is 0.802. The van der Waals surface area contributed by atoms with E-state index in [4.69, 9.17) is 4.42 Å². The molecule has 2 heteroatoms. The van der Waals surface area contributed by atoms with Crippen LogP contribution in [-0.4, -0.2) is 6.54 Å². The molecule has 1 aliphatic carbocycles. The second kappa shape index (κ2) is 5.62. The Balaban J connectivity index is 1.91. The van der Waals surface area contributed by atoms with Gasteiger partial charge in [0.15, 0.2) is 0 Å². The summed E-state index contributed by atoms with van der Waals surface area (Å²) < 4.78 is 5.60. The van der Waals surface area contributed by atoms with E-state index in [1.165, 1.54) is 47.9 Å². The number of hydrogen-bond donors (Lipinski definition) is 1. The van der Waals surface area contributed by atoms with Crippen LogP contribution in [0.5, 0.6) is 0 Å². The molecule has 0 atom stereocenters. The minimum atomic E-state index is 0.802. The smallest absolute Gasteiger partial charge is 0.125 e. The van der Waals surface area contributed by atoms with Crippen molar-refractivity contribution < 1.29 is 4.42 Å². The average molecular weight is 255 g/mol. The van der Waals surface area contributed by atoms with Crippen molar-refractivity contribution in [2.45, 2.75) is 39.2 Å². The lowest BCUT2D eigenvalue weighted by Gasteiger charge is -2.16. The Morgan fingerprint density at radius 3 is 2.79 bits per heavy atom. The van der Waals surface area contributed by atoms with Crippen molar-refractivity contribution in [3.63, 3.8) is 0 Å². The Labute approximate surface area is 114 Å². The second-order valence-electron chi connectivity index (χ2n) is 5.23. The van der Waals surface area contributed by atoms with Crippen LogP contribution in [0.1, 0.15) is 36.7 Å². The summed E-state index contributed by atoms with van der Waals surface area (Å²) in [7, 11) is 0. The summed E-state index contributed by atoms with van der Waals surface area (Å²) in [6, 6.07) is 8.98. The maximum absolute atomic E-state index is 5.60. The third kappa shape index (κ3) is 2.59. The summed E-state index contributed by atoms with van der Waals surface area (Å²) in [6.45, 7) is 3.88. The first-order valence-corrected chi connectivity index (χ1v) is 7.27. The molecule has 0 bridgehead atoms. The largest absolute Gasteiger partial charge is 0.467 e. The first kappa shape index (κ1) is 12.5. The summed E-state index contributed by atoms with van der Waals surface area (Å²) in [5.41, 5.74) is 5.59. The number of nitrogens with one attached hydrogen (secondary N) is 1. The van der Waals surface area contributed by atoms with E-state index in [2.05, 4.69) is 36.5 Å². The molecule has 0 amide bonds. The number of hydrogen-bond acceptors (Lipinski definition) is 2. The van der Waals surface area contributed by atoms with Crippen LogP contribution >= 0.6 is 0 Å². The number of furan rings is 1. The van der Waals surface area contributed by atoms with Gasteiger partial charge in [0.1, 0.15) is 5.76 Å². The van der Waals surface area contributed by atoms with E-state index < -0.39 is 0 Å². The molecule has 0 saturated heterocycles. The fourth-order valence-electron chi connectivity index (χ4n) is 2.87. The Bertz CT molecular complexity index is 556. The zero-order valence-corrected chi connectivity index (χ0v) is 11.5. The third-order valence-electron chi connectivity index (χ3n) is 3.94. The van der Waals surface area contributed by atoms with Gasteiger partial charge in [0.05, 0.1) is 12.8 Å². The molecular formula is C17H21NO. The summed E-state index contributed by atoms with van der Waals surface area (Å²) in [5, 5.41) is 3.33. The molecule has 0 fully saturated rings. The van der Waals surface area contributed by atoms with Crippen LogP contribution in [0.15, 0.2) is 34.9 Å². The van der Waals surface area contributed by atoms with Gasteiger partial charge in [-0.25, -0.2) is 0 Å². The van der Waals surface area contributed by atoms with Gasteiger partial charge in [0, 0.05) is 5.56 Å². The maximum Gasteiger partial charge on any atom is 0.125 e. The molecule has 1 heterocycles. The van der Waals surface area contributed by atoms with E-state index in [0.29, 0.717) is 0 Å². The van der Waals surface area contributed by atoms with Gasteiger partial charge in [-0.05, 0) is 55.0 Å². The van der Waals surface area contributed by atoms with Crippen LogP contribution in [0.3, 0.4) is 0 Å². The first-order chi connectivity index (χ1) is 9.38. The molecule has 19 heavy (non-hydrogen) atoms. The highest BCUT2D eigenvalue weighted by Crippen LogP contribution is 2.30. The molecule has 1 aromatic heterocycles. The molecule has 2 nitrogen and oxygen atoms in total. The Kier molecular flexibility index (Phi) is 3.69. The van der Waals surface area contributed by atoms with E-state index in [-0.39, 0.29) is 0 Å². The van der Waals surface area contributed by atoms with Gasteiger partial charge in [-0.15, -0.1) is 0 Å². The quantitative estimate of drug-likeness (QED) is 0.895. The van der Waals surface area contributed by atoms with Gasteiger partial charge < -0.3 is 9.73 Å². The molecule has 1 aromatic carbocycles. The lowest BCUT2D eigenvalue weighted by atomic mass is 9.89. The van der Waals surface area contributed by atoms with Crippen LogP contribution < -0.4 is 5.32 Å². The molecule has 1 N–H and O–H groups in total.